The quantitative estimate of drug-likeness (QED) is 0.829. The average molecular weight is 316 g/mol. The molecule has 0 spiro atoms. The number of likely N-dealkylation sites (tertiary alicyclic amines) is 1. The summed E-state index contributed by atoms with van der Waals surface area (Å²) >= 11 is 0. The number of oxazole rings is 1. The monoisotopic (exact) mass is 316 g/mol. The molecule has 0 bridgehead atoms. The van der Waals surface area contributed by atoms with Gasteiger partial charge in [0, 0.05) is 25.2 Å². The van der Waals surface area contributed by atoms with Crippen molar-refractivity contribution in [3.63, 3.8) is 0 Å². The number of hydrogen-bond donors (Lipinski definition) is 0. The van der Waals surface area contributed by atoms with E-state index in [0.717, 1.165) is 18.6 Å². The molecule has 0 aromatic carbocycles. The van der Waals surface area contributed by atoms with Gasteiger partial charge in [-0.15, -0.1) is 5.10 Å². The Hall–Kier alpha value is -2.22. The van der Waals surface area contributed by atoms with Gasteiger partial charge in [-0.1, -0.05) is 5.21 Å². The van der Waals surface area contributed by atoms with Crippen LogP contribution in [-0.2, 0) is 0 Å². The molecule has 1 saturated heterocycles. The average Bonchev–Trinajstić information content (AvgIpc) is 3.03. The maximum Gasteiger partial charge on any atom is 0.276 e. The van der Waals surface area contributed by atoms with Gasteiger partial charge in [0.1, 0.15) is 5.76 Å². The molecule has 8 heteroatoms. The normalized spacial score (nSPS) is 24.6. The molecule has 0 unspecified atom stereocenters. The maximum atomic E-state index is 12.9. The van der Waals surface area contributed by atoms with E-state index in [4.69, 9.17) is 4.42 Å². The highest BCUT2D eigenvalue weighted by Gasteiger charge is 2.41. The highest BCUT2D eigenvalue weighted by Crippen LogP contribution is 2.42. The molecule has 1 aliphatic carbocycles. The second kappa shape index (κ2) is 5.45. The van der Waals surface area contributed by atoms with Crippen LogP contribution in [0.1, 0.15) is 41.1 Å². The molecule has 2 aromatic heterocycles. The Morgan fingerprint density at radius 2 is 2.17 bits per heavy atom. The number of nitrogens with zero attached hydrogens (tertiary/aromatic N) is 6. The summed E-state index contributed by atoms with van der Waals surface area (Å²) < 4.78 is 7.28. The van der Waals surface area contributed by atoms with Crippen LogP contribution in [0.4, 0.5) is 0 Å². The second-order valence-corrected chi connectivity index (χ2v) is 6.53. The Kier molecular flexibility index (Phi) is 3.41. The van der Waals surface area contributed by atoms with E-state index >= 15 is 0 Å². The van der Waals surface area contributed by atoms with Gasteiger partial charge in [0.25, 0.3) is 5.91 Å². The van der Waals surface area contributed by atoms with Crippen LogP contribution in [0.15, 0.2) is 23.2 Å². The van der Waals surface area contributed by atoms with Crippen molar-refractivity contribution in [2.45, 2.75) is 30.8 Å². The van der Waals surface area contributed by atoms with Crippen molar-refractivity contribution in [2.24, 2.45) is 0 Å². The molecule has 2 fully saturated rings. The first kappa shape index (κ1) is 14.4. The number of carbonyl (C=O) groups is 1. The lowest BCUT2D eigenvalue weighted by Crippen LogP contribution is -2.37. The third-order valence-corrected chi connectivity index (χ3v) is 4.74. The summed E-state index contributed by atoms with van der Waals surface area (Å²) in [6.07, 6.45) is 7.06. The maximum absolute atomic E-state index is 12.9. The Balaban J connectivity index is 1.57. The highest BCUT2D eigenvalue weighted by molar-refractivity contribution is 5.93. The topological polar surface area (TPSA) is 80.3 Å². The Morgan fingerprint density at radius 3 is 2.83 bits per heavy atom. The van der Waals surface area contributed by atoms with E-state index in [1.165, 1.54) is 6.39 Å². The van der Waals surface area contributed by atoms with Gasteiger partial charge in [0.05, 0.1) is 18.3 Å². The molecule has 0 radical (unpaired) electrons. The number of likely N-dealkylation sites (N-methyl/N-ethyl adjacent to an activating group) is 1. The van der Waals surface area contributed by atoms with E-state index in [1.807, 2.05) is 29.9 Å². The first-order valence-electron chi connectivity index (χ1n) is 7.90. The van der Waals surface area contributed by atoms with Crippen LogP contribution in [0.5, 0.6) is 0 Å². The predicted octanol–water partition coefficient (Wildman–Crippen LogP) is 0.771. The largest absolute Gasteiger partial charge is 0.447 e. The minimum Gasteiger partial charge on any atom is -0.447 e. The number of rotatable bonds is 4. The molecule has 3 heterocycles. The highest BCUT2D eigenvalue weighted by atomic mass is 16.3. The summed E-state index contributed by atoms with van der Waals surface area (Å²) in [5.74, 6) is 1.07. The lowest BCUT2D eigenvalue weighted by molar-refractivity contribution is 0.0773. The minimum absolute atomic E-state index is 0.0462. The van der Waals surface area contributed by atoms with Gasteiger partial charge in [-0.3, -0.25) is 4.79 Å². The SMILES string of the molecule is CN(C)[C@@H]1CN(C(=O)c2ncoc2C2CC2)C[C@@H]1n1ccnn1. The smallest absolute Gasteiger partial charge is 0.276 e. The first-order valence-corrected chi connectivity index (χ1v) is 7.90. The first-order chi connectivity index (χ1) is 11.1. The summed E-state index contributed by atoms with van der Waals surface area (Å²) in [5.41, 5.74) is 0.476. The Morgan fingerprint density at radius 1 is 1.35 bits per heavy atom. The molecule has 2 atom stereocenters. The zero-order valence-corrected chi connectivity index (χ0v) is 13.3. The third kappa shape index (κ3) is 2.52. The van der Waals surface area contributed by atoms with E-state index in [-0.39, 0.29) is 18.0 Å². The molecule has 1 saturated carbocycles. The number of carbonyl (C=O) groups excluding carboxylic acids is 1. The van der Waals surface area contributed by atoms with Crippen LogP contribution in [0, 0.1) is 0 Å². The fourth-order valence-corrected chi connectivity index (χ4v) is 3.30. The number of aromatic nitrogens is 4. The molecule has 1 aliphatic heterocycles. The standard InChI is InChI=1S/C15H20N6O2/c1-19(2)11-7-20(8-12(11)21-6-5-17-18-21)15(22)13-14(10-3-4-10)23-9-16-13/h5-6,9-12H,3-4,7-8H2,1-2H3/t11-,12+/m1/s1. The van der Waals surface area contributed by atoms with E-state index in [2.05, 4.69) is 20.2 Å². The van der Waals surface area contributed by atoms with Gasteiger partial charge in [0.15, 0.2) is 12.1 Å². The molecular formula is C15H20N6O2. The van der Waals surface area contributed by atoms with Crippen molar-refractivity contribution >= 4 is 5.91 Å². The van der Waals surface area contributed by atoms with Crippen LogP contribution in [0.3, 0.4) is 0 Å². The Labute approximate surface area is 134 Å². The van der Waals surface area contributed by atoms with E-state index in [0.29, 0.717) is 24.7 Å². The zero-order chi connectivity index (χ0) is 16.0. The number of amides is 1. The minimum atomic E-state index is -0.0462. The van der Waals surface area contributed by atoms with Crippen molar-refractivity contribution in [1.82, 2.24) is 29.8 Å². The van der Waals surface area contributed by atoms with Gasteiger partial charge >= 0.3 is 0 Å². The molecular weight excluding hydrogens is 296 g/mol. The van der Waals surface area contributed by atoms with E-state index in [1.54, 1.807) is 6.20 Å². The van der Waals surface area contributed by atoms with Gasteiger partial charge in [-0.2, -0.15) is 0 Å². The fraction of sp³-hybridized carbons (Fsp3) is 0.600. The summed E-state index contributed by atoms with van der Waals surface area (Å²) in [5, 5.41) is 8.00. The van der Waals surface area contributed by atoms with Crippen LogP contribution in [-0.4, -0.2) is 68.9 Å². The van der Waals surface area contributed by atoms with Crippen LogP contribution >= 0.6 is 0 Å². The molecule has 0 N–H and O–H groups in total. The van der Waals surface area contributed by atoms with Crippen molar-refractivity contribution < 1.29 is 9.21 Å². The zero-order valence-electron chi connectivity index (χ0n) is 13.3. The summed E-state index contributed by atoms with van der Waals surface area (Å²) in [4.78, 5) is 21.0. The molecule has 4 rings (SSSR count). The van der Waals surface area contributed by atoms with Gasteiger partial charge in [-0.25, -0.2) is 9.67 Å². The van der Waals surface area contributed by atoms with Gasteiger partial charge in [0.2, 0.25) is 0 Å². The van der Waals surface area contributed by atoms with Gasteiger partial charge in [-0.05, 0) is 26.9 Å². The molecule has 122 valence electrons. The summed E-state index contributed by atoms with van der Waals surface area (Å²) in [7, 11) is 4.04. The third-order valence-electron chi connectivity index (χ3n) is 4.74. The molecule has 8 nitrogen and oxygen atoms in total. The van der Waals surface area contributed by atoms with Gasteiger partial charge < -0.3 is 14.2 Å². The van der Waals surface area contributed by atoms with Crippen molar-refractivity contribution in [3.05, 3.63) is 30.2 Å². The van der Waals surface area contributed by atoms with Crippen molar-refractivity contribution in [2.75, 3.05) is 27.2 Å². The molecule has 2 aliphatic rings. The van der Waals surface area contributed by atoms with E-state index < -0.39 is 0 Å². The van der Waals surface area contributed by atoms with E-state index in [9.17, 15) is 4.79 Å². The predicted molar refractivity (Wildman–Crippen MR) is 80.9 cm³/mol. The van der Waals surface area contributed by atoms with Crippen LogP contribution in [0.25, 0.3) is 0 Å². The van der Waals surface area contributed by atoms with Crippen LogP contribution in [0.2, 0.25) is 0 Å². The van der Waals surface area contributed by atoms with Crippen LogP contribution < -0.4 is 0 Å². The lowest BCUT2D eigenvalue weighted by atomic mass is 10.1. The number of hydrogen-bond acceptors (Lipinski definition) is 6. The lowest BCUT2D eigenvalue weighted by Gasteiger charge is -2.24. The molecule has 1 amide bonds. The second-order valence-electron chi connectivity index (χ2n) is 6.53. The molecule has 2 aromatic rings. The fourth-order valence-electron chi connectivity index (χ4n) is 3.30. The Bertz CT molecular complexity index is 691. The summed E-state index contributed by atoms with van der Waals surface area (Å²) in [6.45, 7) is 1.25. The summed E-state index contributed by atoms with van der Waals surface area (Å²) in [6, 6.07) is 0.282. The molecule has 23 heavy (non-hydrogen) atoms. The van der Waals surface area contributed by atoms with Crippen molar-refractivity contribution in [1.29, 1.82) is 0 Å². The van der Waals surface area contributed by atoms with Crippen molar-refractivity contribution in [3.8, 4) is 0 Å².